The Bertz CT molecular complexity index is 1360. The summed E-state index contributed by atoms with van der Waals surface area (Å²) < 4.78 is 1.54. The topological polar surface area (TPSA) is 114 Å². The average Bonchev–Trinajstić information content (AvgIpc) is 3.51. The standard InChI is InChI=1S/C29H36N6O3/c1-19-8-6-11-22(14-19)27(37)34-12-13-35(28(38)23-16-24(29(2,3)4)32-33(23)5)26(34)25(36)31-18-21-10-7-9-20(15-21)17-30/h6-11,14-16,26H,12-13,17-18,30H2,1-5H3,(H,31,36). The summed E-state index contributed by atoms with van der Waals surface area (Å²) >= 11 is 0. The largest absolute Gasteiger partial charge is 0.349 e. The highest BCUT2D eigenvalue weighted by Gasteiger charge is 2.44. The van der Waals surface area contributed by atoms with Gasteiger partial charge in [0.25, 0.3) is 17.7 Å². The van der Waals surface area contributed by atoms with Crippen molar-refractivity contribution in [3.05, 3.63) is 88.2 Å². The van der Waals surface area contributed by atoms with Crippen molar-refractivity contribution in [1.29, 1.82) is 0 Å². The monoisotopic (exact) mass is 516 g/mol. The fourth-order valence-electron chi connectivity index (χ4n) is 4.61. The van der Waals surface area contributed by atoms with Crippen LogP contribution < -0.4 is 11.1 Å². The lowest BCUT2D eigenvalue weighted by atomic mass is 9.92. The molecule has 9 heteroatoms. The van der Waals surface area contributed by atoms with Crippen molar-refractivity contribution < 1.29 is 14.4 Å². The van der Waals surface area contributed by atoms with Gasteiger partial charge in [-0.3, -0.25) is 19.1 Å². The first-order valence-corrected chi connectivity index (χ1v) is 12.8. The molecule has 1 aliphatic rings. The highest BCUT2D eigenvalue weighted by molar-refractivity contribution is 6.01. The SMILES string of the molecule is Cc1cccc(C(=O)N2CCN(C(=O)c3cc(C(C)(C)C)nn3C)C2C(=O)NCc2cccc(CN)c2)c1. The van der Waals surface area contributed by atoms with Crippen LogP contribution in [0.2, 0.25) is 0 Å². The molecule has 200 valence electrons. The van der Waals surface area contributed by atoms with E-state index < -0.39 is 12.1 Å². The first-order chi connectivity index (χ1) is 18.0. The van der Waals surface area contributed by atoms with E-state index in [4.69, 9.17) is 5.73 Å². The van der Waals surface area contributed by atoms with Gasteiger partial charge in [-0.05, 0) is 36.2 Å². The van der Waals surface area contributed by atoms with Crippen LogP contribution in [0.15, 0.2) is 54.6 Å². The van der Waals surface area contributed by atoms with E-state index in [9.17, 15) is 14.4 Å². The van der Waals surface area contributed by atoms with Crippen LogP contribution in [0.3, 0.4) is 0 Å². The second-order valence-electron chi connectivity index (χ2n) is 10.8. The third kappa shape index (κ3) is 5.62. The summed E-state index contributed by atoms with van der Waals surface area (Å²) in [6.07, 6.45) is -1.10. The summed E-state index contributed by atoms with van der Waals surface area (Å²) in [5, 5.41) is 7.46. The van der Waals surface area contributed by atoms with Crippen LogP contribution >= 0.6 is 0 Å². The zero-order chi connectivity index (χ0) is 27.6. The molecule has 2 aromatic carbocycles. The first-order valence-electron chi connectivity index (χ1n) is 12.8. The van der Waals surface area contributed by atoms with Gasteiger partial charge in [0.1, 0.15) is 5.69 Å². The minimum atomic E-state index is -1.10. The third-order valence-corrected chi connectivity index (χ3v) is 6.75. The van der Waals surface area contributed by atoms with E-state index >= 15 is 0 Å². The van der Waals surface area contributed by atoms with E-state index in [-0.39, 0.29) is 36.9 Å². The smallest absolute Gasteiger partial charge is 0.274 e. The molecule has 1 saturated heterocycles. The molecule has 3 N–H and O–H groups in total. The lowest BCUT2D eigenvalue weighted by Gasteiger charge is -2.29. The molecule has 1 aliphatic heterocycles. The maximum Gasteiger partial charge on any atom is 0.274 e. The molecule has 9 nitrogen and oxygen atoms in total. The Morgan fingerprint density at radius 3 is 2.26 bits per heavy atom. The Morgan fingerprint density at radius 1 is 0.974 bits per heavy atom. The van der Waals surface area contributed by atoms with Crippen LogP contribution in [0.25, 0.3) is 0 Å². The number of aryl methyl sites for hydroxylation is 2. The van der Waals surface area contributed by atoms with Crippen LogP contribution in [-0.2, 0) is 30.3 Å². The number of nitrogens with two attached hydrogens (primary N) is 1. The van der Waals surface area contributed by atoms with Crippen LogP contribution in [0.1, 0.15) is 64.0 Å². The molecule has 2 heterocycles. The second-order valence-corrected chi connectivity index (χ2v) is 10.8. The van der Waals surface area contributed by atoms with Gasteiger partial charge in [0.05, 0.1) is 5.69 Å². The van der Waals surface area contributed by atoms with Gasteiger partial charge in [0.2, 0.25) is 0 Å². The number of rotatable bonds is 6. The van der Waals surface area contributed by atoms with Crippen molar-refractivity contribution in [2.45, 2.75) is 52.4 Å². The maximum absolute atomic E-state index is 13.8. The molecule has 0 radical (unpaired) electrons. The van der Waals surface area contributed by atoms with Gasteiger partial charge in [0.15, 0.2) is 6.17 Å². The molecule has 1 unspecified atom stereocenters. The molecular weight excluding hydrogens is 480 g/mol. The Kier molecular flexibility index (Phi) is 7.68. The van der Waals surface area contributed by atoms with Crippen LogP contribution in [-0.4, -0.2) is 56.6 Å². The predicted octanol–water partition coefficient (Wildman–Crippen LogP) is 2.73. The number of hydrogen-bond acceptors (Lipinski definition) is 5. The lowest BCUT2D eigenvalue weighted by Crippen LogP contribution is -2.53. The fourth-order valence-corrected chi connectivity index (χ4v) is 4.61. The molecule has 38 heavy (non-hydrogen) atoms. The lowest BCUT2D eigenvalue weighted by molar-refractivity contribution is -0.128. The molecule has 4 rings (SSSR count). The van der Waals surface area contributed by atoms with Crippen molar-refractivity contribution in [3.8, 4) is 0 Å². The second kappa shape index (κ2) is 10.8. The molecule has 1 atom stereocenters. The van der Waals surface area contributed by atoms with E-state index in [0.717, 1.165) is 22.4 Å². The number of benzene rings is 2. The van der Waals surface area contributed by atoms with Gasteiger partial charge < -0.3 is 20.9 Å². The number of amides is 3. The number of hydrogen-bond donors (Lipinski definition) is 2. The van der Waals surface area contributed by atoms with E-state index in [2.05, 4.69) is 10.4 Å². The van der Waals surface area contributed by atoms with Gasteiger partial charge in [0, 0.05) is 44.2 Å². The van der Waals surface area contributed by atoms with E-state index in [1.165, 1.54) is 9.80 Å². The van der Waals surface area contributed by atoms with Crippen molar-refractivity contribution in [2.75, 3.05) is 13.1 Å². The van der Waals surface area contributed by atoms with E-state index in [1.54, 1.807) is 29.9 Å². The van der Waals surface area contributed by atoms with Crippen molar-refractivity contribution in [2.24, 2.45) is 12.8 Å². The molecule has 0 bridgehead atoms. The number of nitrogens with one attached hydrogen (secondary N) is 1. The van der Waals surface area contributed by atoms with Gasteiger partial charge >= 0.3 is 0 Å². The molecule has 1 fully saturated rings. The quantitative estimate of drug-likeness (QED) is 0.523. The Morgan fingerprint density at radius 2 is 1.63 bits per heavy atom. The molecule has 1 aromatic heterocycles. The number of aromatic nitrogens is 2. The van der Waals surface area contributed by atoms with Gasteiger partial charge in [-0.25, -0.2) is 0 Å². The maximum atomic E-state index is 13.8. The number of nitrogens with zero attached hydrogens (tertiary/aromatic N) is 4. The predicted molar refractivity (Wildman–Crippen MR) is 145 cm³/mol. The van der Waals surface area contributed by atoms with Crippen molar-refractivity contribution >= 4 is 17.7 Å². The summed E-state index contributed by atoms with van der Waals surface area (Å²) in [7, 11) is 1.72. The summed E-state index contributed by atoms with van der Waals surface area (Å²) in [6.45, 7) is 9.10. The summed E-state index contributed by atoms with van der Waals surface area (Å²) in [4.78, 5) is 43.9. The first kappa shape index (κ1) is 27.1. The summed E-state index contributed by atoms with van der Waals surface area (Å²) in [5.74, 6) is -1.07. The Hall–Kier alpha value is -3.98. The number of carbonyl (C=O) groups excluding carboxylic acids is 3. The zero-order valence-electron chi connectivity index (χ0n) is 22.7. The van der Waals surface area contributed by atoms with E-state index in [1.807, 2.05) is 64.1 Å². The summed E-state index contributed by atoms with van der Waals surface area (Å²) in [6, 6.07) is 16.6. The molecular formula is C29H36N6O3. The van der Waals surface area contributed by atoms with Gasteiger partial charge in [-0.15, -0.1) is 0 Å². The minimum Gasteiger partial charge on any atom is -0.349 e. The van der Waals surface area contributed by atoms with Crippen molar-refractivity contribution in [1.82, 2.24) is 24.9 Å². The molecule has 3 amide bonds. The number of carbonyl (C=O) groups is 3. The van der Waals surface area contributed by atoms with Crippen LogP contribution in [0.4, 0.5) is 0 Å². The molecule has 0 aliphatic carbocycles. The Balaban J connectivity index is 1.64. The highest BCUT2D eigenvalue weighted by atomic mass is 16.2. The fraction of sp³-hybridized carbons (Fsp3) is 0.379. The zero-order valence-corrected chi connectivity index (χ0v) is 22.7. The molecule has 0 spiro atoms. The molecule has 0 saturated carbocycles. The third-order valence-electron chi connectivity index (χ3n) is 6.75. The Labute approximate surface area is 223 Å². The summed E-state index contributed by atoms with van der Waals surface area (Å²) in [5.41, 5.74) is 9.91. The van der Waals surface area contributed by atoms with Crippen LogP contribution in [0.5, 0.6) is 0 Å². The van der Waals surface area contributed by atoms with Gasteiger partial charge in [-0.2, -0.15) is 5.10 Å². The minimum absolute atomic E-state index is 0.229. The van der Waals surface area contributed by atoms with Crippen molar-refractivity contribution in [3.63, 3.8) is 0 Å². The average molecular weight is 517 g/mol. The van der Waals surface area contributed by atoms with Gasteiger partial charge in [-0.1, -0.05) is 62.7 Å². The van der Waals surface area contributed by atoms with E-state index in [0.29, 0.717) is 17.8 Å². The van der Waals surface area contributed by atoms with Crippen LogP contribution in [0, 0.1) is 6.92 Å². The normalized spacial score (nSPS) is 15.6. The molecule has 3 aromatic rings. The highest BCUT2D eigenvalue weighted by Crippen LogP contribution is 2.25.